The number of ether oxygens (including phenoxy) is 3. The summed E-state index contributed by atoms with van der Waals surface area (Å²) < 4.78 is 63.5. The molecule has 184 valence electrons. The number of nitrogens with one attached hydrogen (secondary N) is 1. The fourth-order valence-corrected chi connectivity index (χ4v) is 6.45. The van der Waals surface area contributed by atoms with Gasteiger partial charge in [-0.2, -0.15) is 13.7 Å². The summed E-state index contributed by atoms with van der Waals surface area (Å²) in [6.07, 6.45) is -2.88. The summed E-state index contributed by atoms with van der Waals surface area (Å²) >= 11 is 0. The SMILES string of the molecule is CC1O[C@@H]2[C@H](O1)[C@@H](COP(=O)(O)OP(=O)(O)OP(=O)(O)O)O[C@H]2c1[nH]nc2c(N)ncnc12. The van der Waals surface area contributed by atoms with Gasteiger partial charge in [0.2, 0.25) is 0 Å². The molecule has 2 fully saturated rings. The highest BCUT2D eigenvalue weighted by Crippen LogP contribution is 2.66. The lowest BCUT2D eigenvalue weighted by molar-refractivity contribution is -0.128. The molecular weight excluding hydrogens is 515 g/mol. The summed E-state index contributed by atoms with van der Waals surface area (Å²) in [5, 5.41) is 6.80. The van der Waals surface area contributed by atoms with Crippen LogP contribution in [0.15, 0.2) is 6.33 Å². The molecular formula is C12H18N5O13P3. The van der Waals surface area contributed by atoms with Crippen molar-refractivity contribution >= 4 is 40.3 Å². The molecule has 0 amide bonds. The molecule has 7 atom stereocenters. The fraction of sp³-hybridized carbons (Fsp3) is 0.583. The maximum atomic E-state index is 12.0. The van der Waals surface area contributed by atoms with Gasteiger partial charge in [-0.05, 0) is 6.92 Å². The Morgan fingerprint density at radius 3 is 2.42 bits per heavy atom. The zero-order valence-corrected chi connectivity index (χ0v) is 19.1. The molecule has 0 bridgehead atoms. The lowest BCUT2D eigenvalue weighted by atomic mass is 10.1. The van der Waals surface area contributed by atoms with Gasteiger partial charge in [-0.3, -0.25) is 9.62 Å². The topological polar surface area (TPSA) is 268 Å². The summed E-state index contributed by atoms with van der Waals surface area (Å²) in [7, 11) is -16.5. The molecule has 18 nitrogen and oxygen atoms in total. The van der Waals surface area contributed by atoms with Gasteiger partial charge in [0.25, 0.3) is 0 Å². The lowest BCUT2D eigenvalue weighted by Crippen LogP contribution is -2.31. The number of aromatic amines is 1. The normalized spacial score (nSPS) is 31.4. The molecule has 0 aliphatic carbocycles. The molecule has 2 saturated heterocycles. The predicted octanol–water partition coefficient (Wildman–Crippen LogP) is -0.152. The lowest BCUT2D eigenvalue weighted by Gasteiger charge is -2.20. The molecule has 7 N–H and O–H groups in total. The fourth-order valence-electron chi connectivity index (χ4n) is 3.42. The minimum absolute atomic E-state index is 0.123. The smallest absolute Gasteiger partial charge is 0.382 e. The third-order valence-electron chi connectivity index (χ3n) is 4.50. The van der Waals surface area contributed by atoms with Gasteiger partial charge in [0.05, 0.1) is 12.3 Å². The number of nitrogens with zero attached hydrogens (tertiary/aromatic N) is 3. The number of H-pyrrole nitrogens is 1. The van der Waals surface area contributed by atoms with E-state index in [1.807, 2.05) is 0 Å². The van der Waals surface area contributed by atoms with Crippen LogP contribution >= 0.6 is 23.5 Å². The molecule has 2 aromatic heterocycles. The summed E-state index contributed by atoms with van der Waals surface area (Å²) in [4.78, 5) is 44.1. The largest absolute Gasteiger partial charge is 0.490 e. The Hall–Kier alpha value is -1.36. The second-order valence-corrected chi connectivity index (χ2v) is 11.3. The average Bonchev–Trinajstić information content (AvgIpc) is 3.31. The molecule has 0 saturated carbocycles. The zero-order chi connectivity index (χ0) is 24.2. The van der Waals surface area contributed by atoms with Crippen molar-refractivity contribution in [2.24, 2.45) is 0 Å². The van der Waals surface area contributed by atoms with E-state index < -0.39 is 60.8 Å². The quantitative estimate of drug-likeness (QED) is 0.241. The van der Waals surface area contributed by atoms with E-state index in [-0.39, 0.29) is 11.3 Å². The summed E-state index contributed by atoms with van der Waals surface area (Å²) in [5.74, 6) is 0.123. The van der Waals surface area contributed by atoms with Crippen molar-refractivity contribution in [1.82, 2.24) is 20.2 Å². The number of hydrogen-bond donors (Lipinski definition) is 6. The number of phosphoric acid groups is 3. The van der Waals surface area contributed by atoms with Gasteiger partial charge in [-0.25, -0.2) is 23.7 Å². The molecule has 2 aliphatic rings. The molecule has 0 spiro atoms. The van der Waals surface area contributed by atoms with Gasteiger partial charge in [0.1, 0.15) is 36.3 Å². The van der Waals surface area contributed by atoms with Crippen molar-refractivity contribution < 1.29 is 60.6 Å². The van der Waals surface area contributed by atoms with Gasteiger partial charge in [-0.15, -0.1) is 0 Å². The Morgan fingerprint density at radius 1 is 1.03 bits per heavy atom. The van der Waals surface area contributed by atoms with Crippen LogP contribution in [-0.4, -0.2) is 70.9 Å². The number of rotatable bonds is 8. The highest BCUT2D eigenvalue weighted by molar-refractivity contribution is 7.66. The van der Waals surface area contributed by atoms with Crippen molar-refractivity contribution in [3.8, 4) is 0 Å². The molecule has 0 aromatic carbocycles. The highest BCUT2D eigenvalue weighted by Gasteiger charge is 2.54. The first kappa shape index (κ1) is 24.8. The maximum absolute atomic E-state index is 12.0. The van der Waals surface area contributed by atoms with E-state index in [0.717, 1.165) is 0 Å². The standard InChI is InChI=1S/C12H18N5O13P3/c1-4-26-9-5(2-25-32(21,22)30-33(23,24)29-31(18,19)20)28-10(11(9)27-4)7-6-8(17-16-7)12(13)15-3-14-6/h3-5,9-11H,2H2,1H3,(H,16,17)(H,21,22)(H,23,24)(H2,13,14,15)(H2,18,19,20)/t4?,5-,9-,10+,11-/m1/s1. The van der Waals surface area contributed by atoms with Crippen LogP contribution in [0.4, 0.5) is 5.82 Å². The van der Waals surface area contributed by atoms with E-state index in [4.69, 9.17) is 29.7 Å². The Bertz CT molecular complexity index is 1190. The number of aromatic nitrogens is 4. The van der Waals surface area contributed by atoms with Crippen LogP contribution in [0.3, 0.4) is 0 Å². The van der Waals surface area contributed by atoms with Crippen LogP contribution in [0.5, 0.6) is 0 Å². The van der Waals surface area contributed by atoms with Crippen LogP contribution in [0.1, 0.15) is 18.7 Å². The van der Waals surface area contributed by atoms with Gasteiger partial charge in [0, 0.05) is 0 Å². The second kappa shape index (κ2) is 8.70. The first-order valence-corrected chi connectivity index (χ1v) is 13.5. The third kappa shape index (κ3) is 5.49. The Labute approximate surface area is 183 Å². The van der Waals surface area contributed by atoms with E-state index in [2.05, 4.69) is 33.3 Å². The van der Waals surface area contributed by atoms with Crippen LogP contribution in [0.2, 0.25) is 0 Å². The first-order valence-electron chi connectivity index (χ1n) is 8.94. The third-order valence-corrected chi connectivity index (χ3v) is 8.31. The van der Waals surface area contributed by atoms with Gasteiger partial charge < -0.3 is 39.5 Å². The van der Waals surface area contributed by atoms with Crippen molar-refractivity contribution in [3.05, 3.63) is 12.0 Å². The molecule has 2 aliphatic heterocycles. The molecule has 3 unspecified atom stereocenters. The predicted molar refractivity (Wildman–Crippen MR) is 103 cm³/mol. The van der Waals surface area contributed by atoms with Gasteiger partial charge in [0.15, 0.2) is 17.6 Å². The van der Waals surface area contributed by atoms with Crippen LogP contribution in [-0.2, 0) is 41.1 Å². The van der Waals surface area contributed by atoms with Crippen molar-refractivity contribution in [3.63, 3.8) is 0 Å². The molecule has 21 heteroatoms. The van der Waals surface area contributed by atoms with Crippen molar-refractivity contribution in [2.45, 2.75) is 37.6 Å². The number of anilines is 1. The Kier molecular flexibility index (Phi) is 6.52. The zero-order valence-electron chi connectivity index (χ0n) is 16.4. The second-order valence-electron chi connectivity index (χ2n) is 6.84. The Balaban J connectivity index is 1.49. The number of hydrogen-bond acceptors (Lipinski definition) is 13. The molecule has 33 heavy (non-hydrogen) atoms. The van der Waals surface area contributed by atoms with E-state index in [1.54, 1.807) is 6.92 Å². The monoisotopic (exact) mass is 533 g/mol. The van der Waals surface area contributed by atoms with E-state index in [9.17, 15) is 23.5 Å². The van der Waals surface area contributed by atoms with Gasteiger partial charge in [-0.1, -0.05) is 0 Å². The summed E-state index contributed by atoms with van der Waals surface area (Å²) in [5.41, 5.74) is 6.79. The number of nitrogen functional groups attached to an aromatic ring is 1. The summed E-state index contributed by atoms with van der Waals surface area (Å²) in [6.45, 7) is 0.903. The van der Waals surface area contributed by atoms with Crippen LogP contribution in [0, 0.1) is 0 Å². The Morgan fingerprint density at radius 2 is 1.73 bits per heavy atom. The molecule has 4 rings (SSSR count). The minimum Gasteiger partial charge on any atom is -0.382 e. The van der Waals surface area contributed by atoms with E-state index in [1.165, 1.54) is 6.33 Å². The maximum Gasteiger partial charge on any atom is 0.490 e. The van der Waals surface area contributed by atoms with Crippen molar-refractivity contribution in [1.29, 1.82) is 0 Å². The highest BCUT2D eigenvalue weighted by atomic mass is 31.3. The van der Waals surface area contributed by atoms with E-state index in [0.29, 0.717) is 11.2 Å². The molecule has 2 aromatic rings. The molecule has 0 radical (unpaired) electrons. The first-order chi connectivity index (χ1) is 15.2. The van der Waals surface area contributed by atoms with Crippen molar-refractivity contribution in [2.75, 3.05) is 12.3 Å². The van der Waals surface area contributed by atoms with Crippen LogP contribution in [0.25, 0.3) is 11.0 Å². The van der Waals surface area contributed by atoms with Gasteiger partial charge >= 0.3 is 23.5 Å². The average molecular weight is 533 g/mol. The number of fused-ring (bicyclic) bond motifs is 2. The van der Waals surface area contributed by atoms with E-state index >= 15 is 0 Å². The van der Waals surface area contributed by atoms with Crippen LogP contribution < -0.4 is 5.73 Å². The minimum atomic E-state index is -5.65. The number of phosphoric ester groups is 1. The summed E-state index contributed by atoms with van der Waals surface area (Å²) in [6, 6.07) is 0. The number of nitrogens with two attached hydrogens (primary N) is 1. The molecule has 4 heterocycles.